The maximum atomic E-state index is 11.8. The molecule has 1 amide bonds. The van der Waals surface area contributed by atoms with Crippen LogP contribution in [0.5, 0.6) is 0 Å². The molecule has 2 aromatic carbocycles. The third-order valence-corrected chi connectivity index (χ3v) is 2.50. The molecule has 94 valence electrons. The Balaban J connectivity index is 1.89. The van der Waals surface area contributed by atoms with Crippen LogP contribution in [-0.2, 0) is 11.4 Å². The van der Waals surface area contributed by atoms with Gasteiger partial charge >= 0.3 is 0 Å². The van der Waals surface area contributed by atoms with Crippen molar-refractivity contribution in [2.24, 2.45) is 0 Å². The molecule has 0 aliphatic rings. The number of benzene rings is 2. The van der Waals surface area contributed by atoms with Gasteiger partial charge in [-0.3, -0.25) is 9.63 Å². The lowest BCUT2D eigenvalue weighted by Gasteiger charge is -2.06. The number of hydroxylamine groups is 1. The van der Waals surface area contributed by atoms with E-state index in [1.807, 2.05) is 36.4 Å². The van der Waals surface area contributed by atoms with Gasteiger partial charge in [0.05, 0.1) is 18.2 Å². The quantitative estimate of drug-likeness (QED) is 0.850. The Bertz CT molecular complexity index is 603. The molecule has 0 aromatic heterocycles. The third-order valence-electron chi connectivity index (χ3n) is 2.50. The minimum atomic E-state index is -0.368. The molecule has 0 heterocycles. The van der Waals surface area contributed by atoms with Crippen LogP contribution in [0.15, 0.2) is 54.6 Å². The number of carbonyl (C=O) groups excluding carboxylic acids is 1. The molecule has 2 aromatic rings. The Hall–Kier alpha value is -2.64. The first-order valence-electron chi connectivity index (χ1n) is 5.76. The lowest BCUT2D eigenvalue weighted by Crippen LogP contribution is -2.23. The standard InChI is InChI=1S/C15H12N2O2/c16-10-13-7-4-8-14(9-13)15(18)17-19-11-12-5-2-1-3-6-12/h1-9H,11H2,(H,17,18). The van der Waals surface area contributed by atoms with Crippen LogP contribution in [0.4, 0.5) is 0 Å². The van der Waals surface area contributed by atoms with Gasteiger partial charge in [0.15, 0.2) is 0 Å². The summed E-state index contributed by atoms with van der Waals surface area (Å²) in [5.74, 6) is -0.368. The SMILES string of the molecule is N#Cc1cccc(C(=O)NOCc2ccccc2)c1. The van der Waals surface area contributed by atoms with Gasteiger partial charge in [-0.05, 0) is 23.8 Å². The van der Waals surface area contributed by atoms with Crippen LogP contribution < -0.4 is 5.48 Å². The van der Waals surface area contributed by atoms with Gasteiger partial charge in [-0.25, -0.2) is 5.48 Å². The predicted octanol–water partition coefficient (Wildman–Crippen LogP) is 2.42. The lowest BCUT2D eigenvalue weighted by atomic mass is 10.1. The highest BCUT2D eigenvalue weighted by Gasteiger charge is 2.05. The second kappa shape index (κ2) is 6.34. The highest BCUT2D eigenvalue weighted by atomic mass is 16.6. The molecule has 0 aliphatic carbocycles. The fraction of sp³-hybridized carbons (Fsp3) is 0.0667. The molecule has 4 nitrogen and oxygen atoms in total. The topological polar surface area (TPSA) is 62.1 Å². The van der Waals surface area contributed by atoms with Gasteiger partial charge < -0.3 is 0 Å². The van der Waals surface area contributed by atoms with Gasteiger partial charge in [0.2, 0.25) is 0 Å². The van der Waals surface area contributed by atoms with Crippen molar-refractivity contribution < 1.29 is 9.63 Å². The average molecular weight is 252 g/mol. The van der Waals surface area contributed by atoms with Crippen LogP contribution in [0.3, 0.4) is 0 Å². The van der Waals surface area contributed by atoms with E-state index in [-0.39, 0.29) is 5.91 Å². The largest absolute Gasteiger partial charge is 0.274 e. The van der Waals surface area contributed by atoms with E-state index < -0.39 is 0 Å². The molecule has 0 saturated carbocycles. The van der Waals surface area contributed by atoms with E-state index in [4.69, 9.17) is 10.1 Å². The summed E-state index contributed by atoms with van der Waals surface area (Å²) in [5, 5.41) is 8.76. The molecular formula is C15H12N2O2. The predicted molar refractivity (Wildman–Crippen MR) is 69.9 cm³/mol. The lowest BCUT2D eigenvalue weighted by molar-refractivity contribution is 0.0233. The molecule has 0 fully saturated rings. The summed E-state index contributed by atoms with van der Waals surface area (Å²) in [4.78, 5) is 16.9. The van der Waals surface area contributed by atoms with E-state index in [2.05, 4.69) is 5.48 Å². The van der Waals surface area contributed by atoms with Crippen LogP contribution >= 0.6 is 0 Å². The third kappa shape index (κ3) is 3.66. The van der Waals surface area contributed by atoms with Gasteiger partial charge in [0.25, 0.3) is 5.91 Å². The minimum absolute atomic E-state index is 0.296. The van der Waals surface area contributed by atoms with Gasteiger partial charge in [0, 0.05) is 5.56 Å². The van der Waals surface area contributed by atoms with Gasteiger partial charge in [-0.1, -0.05) is 36.4 Å². The van der Waals surface area contributed by atoms with Crippen molar-refractivity contribution >= 4 is 5.91 Å². The second-order valence-corrected chi connectivity index (χ2v) is 3.90. The number of amides is 1. The first kappa shape index (κ1) is 12.8. The summed E-state index contributed by atoms with van der Waals surface area (Å²) in [7, 11) is 0. The van der Waals surface area contributed by atoms with Crippen LogP contribution in [0.2, 0.25) is 0 Å². The summed E-state index contributed by atoms with van der Waals surface area (Å²) in [6.07, 6.45) is 0. The first-order valence-corrected chi connectivity index (χ1v) is 5.76. The zero-order chi connectivity index (χ0) is 13.5. The van der Waals surface area contributed by atoms with Gasteiger partial charge in [-0.15, -0.1) is 0 Å². The molecular weight excluding hydrogens is 240 g/mol. The number of hydrogen-bond acceptors (Lipinski definition) is 3. The highest BCUT2D eigenvalue weighted by Crippen LogP contribution is 2.04. The normalized spacial score (nSPS) is 9.63. The summed E-state index contributed by atoms with van der Waals surface area (Å²) in [5.41, 5.74) is 4.15. The van der Waals surface area contributed by atoms with E-state index in [0.29, 0.717) is 17.7 Å². The zero-order valence-electron chi connectivity index (χ0n) is 10.2. The molecule has 0 aliphatic heterocycles. The smallest absolute Gasteiger partial charge is 0.269 e. The van der Waals surface area contributed by atoms with Crippen LogP contribution in [-0.4, -0.2) is 5.91 Å². The molecule has 4 heteroatoms. The highest BCUT2D eigenvalue weighted by molar-refractivity contribution is 5.93. The summed E-state index contributed by atoms with van der Waals surface area (Å²) in [6, 6.07) is 17.9. The maximum Gasteiger partial charge on any atom is 0.274 e. The summed E-state index contributed by atoms with van der Waals surface area (Å²) < 4.78 is 0. The van der Waals surface area contributed by atoms with E-state index in [0.717, 1.165) is 5.56 Å². The number of nitrogens with one attached hydrogen (secondary N) is 1. The fourth-order valence-electron chi connectivity index (χ4n) is 1.55. The molecule has 0 radical (unpaired) electrons. The van der Waals surface area contributed by atoms with Crippen LogP contribution in [0.1, 0.15) is 21.5 Å². The van der Waals surface area contributed by atoms with E-state index >= 15 is 0 Å². The Morgan fingerprint density at radius 2 is 1.95 bits per heavy atom. The summed E-state index contributed by atoms with van der Waals surface area (Å²) in [6.45, 7) is 0.296. The Kier molecular flexibility index (Phi) is 4.27. The number of nitriles is 1. The zero-order valence-corrected chi connectivity index (χ0v) is 10.2. The molecule has 2 rings (SSSR count). The van der Waals surface area contributed by atoms with E-state index in [1.165, 1.54) is 6.07 Å². The van der Waals surface area contributed by atoms with Crippen molar-refractivity contribution in [2.45, 2.75) is 6.61 Å². The van der Waals surface area contributed by atoms with Crippen molar-refractivity contribution in [3.8, 4) is 6.07 Å². The fourth-order valence-corrected chi connectivity index (χ4v) is 1.55. The average Bonchev–Trinajstić information content (AvgIpc) is 2.48. The number of hydrogen-bond donors (Lipinski definition) is 1. The van der Waals surface area contributed by atoms with Crippen molar-refractivity contribution in [1.29, 1.82) is 5.26 Å². The van der Waals surface area contributed by atoms with Crippen LogP contribution in [0, 0.1) is 11.3 Å². The molecule has 1 N–H and O–H groups in total. The second-order valence-electron chi connectivity index (χ2n) is 3.90. The van der Waals surface area contributed by atoms with E-state index in [9.17, 15) is 4.79 Å². The maximum absolute atomic E-state index is 11.8. The molecule has 19 heavy (non-hydrogen) atoms. The molecule has 0 saturated heterocycles. The molecule has 0 bridgehead atoms. The van der Waals surface area contributed by atoms with Gasteiger partial charge in [-0.2, -0.15) is 5.26 Å². The Labute approximate surface area is 111 Å². The Morgan fingerprint density at radius 1 is 1.16 bits per heavy atom. The van der Waals surface area contributed by atoms with E-state index in [1.54, 1.807) is 18.2 Å². The van der Waals surface area contributed by atoms with Crippen molar-refractivity contribution in [2.75, 3.05) is 0 Å². The molecule has 0 unspecified atom stereocenters. The first-order chi connectivity index (χ1) is 9.29. The number of rotatable bonds is 4. The monoisotopic (exact) mass is 252 g/mol. The van der Waals surface area contributed by atoms with Crippen molar-refractivity contribution in [1.82, 2.24) is 5.48 Å². The van der Waals surface area contributed by atoms with Crippen molar-refractivity contribution in [3.63, 3.8) is 0 Å². The van der Waals surface area contributed by atoms with Gasteiger partial charge in [0.1, 0.15) is 0 Å². The molecule has 0 spiro atoms. The van der Waals surface area contributed by atoms with Crippen LogP contribution in [0.25, 0.3) is 0 Å². The van der Waals surface area contributed by atoms with Crippen molar-refractivity contribution in [3.05, 3.63) is 71.3 Å². The molecule has 0 atom stereocenters. The number of nitrogens with zero attached hydrogens (tertiary/aromatic N) is 1. The number of carbonyl (C=O) groups is 1. The Morgan fingerprint density at radius 3 is 2.68 bits per heavy atom. The summed E-state index contributed by atoms with van der Waals surface area (Å²) >= 11 is 0. The minimum Gasteiger partial charge on any atom is -0.269 e.